The van der Waals surface area contributed by atoms with Gasteiger partial charge in [-0.15, -0.1) is 5.10 Å². The molecule has 0 saturated carbocycles. The molecule has 2 heterocycles. The molecule has 5 nitrogen and oxygen atoms in total. The van der Waals surface area contributed by atoms with Crippen LogP contribution >= 0.6 is 15.9 Å². The Hall–Kier alpha value is -1.92. The van der Waals surface area contributed by atoms with Gasteiger partial charge in [0.15, 0.2) is 5.65 Å². The zero-order valence-corrected chi connectivity index (χ0v) is 13.2. The number of rotatable bonds is 4. The number of hydrogen-bond acceptors (Lipinski definition) is 3. The van der Waals surface area contributed by atoms with Crippen LogP contribution < -0.4 is 5.69 Å². The van der Waals surface area contributed by atoms with Crippen LogP contribution in [0.4, 0.5) is 0 Å². The van der Waals surface area contributed by atoms with Gasteiger partial charge >= 0.3 is 5.69 Å². The number of benzene rings is 1. The van der Waals surface area contributed by atoms with E-state index in [9.17, 15) is 4.79 Å². The monoisotopic (exact) mass is 346 g/mol. The summed E-state index contributed by atoms with van der Waals surface area (Å²) in [6.45, 7) is 1.21. The van der Waals surface area contributed by atoms with Crippen molar-refractivity contribution >= 4 is 21.6 Å². The van der Waals surface area contributed by atoms with Gasteiger partial charge in [0.2, 0.25) is 0 Å². The number of nitrogens with zero attached hydrogens (tertiary/aromatic N) is 4. The van der Waals surface area contributed by atoms with Gasteiger partial charge in [-0.25, -0.2) is 4.79 Å². The Kier molecular flexibility index (Phi) is 3.90. The molecule has 0 saturated heterocycles. The molecule has 0 unspecified atom stereocenters. The third-order valence-corrected chi connectivity index (χ3v) is 3.76. The van der Waals surface area contributed by atoms with E-state index in [0.29, 0.717) is 12.3 Å². The molecular formula is C15H15BrN4O. The molecule has 1 aromatic carbocycles. The zero-order chi connectivity index (χ0) is 14.8. The Morgan fingerprint density at radius 3 is 2.67 bits per heavy atom. The van der Waals surface area contributed by atoms with Crippen LogP contribution in [-0.2, 0) is 13.2 Å². The van der Waals surface area contributed by atoms with Gasteiger partial charge in [0.25, 0.3) is 0 Å². The van der Waals surface area contributed by atoms with Crippen LogP contribution in [0, 0.1) is 0 Å². The van der Waals surface area contributed by atoms with Crippen molar-refractivity contribution in [1.82, 2.24) is 19.1 Å². The Bertz CT molecular complexity index is 806. The maximum Gasteiger partial charge on any atom is 0.351 e. The number of aromatic nitrogens is 3. The average molecular weight is 347 g/mol. The van der Waals surface area contributed by atoms with Gasteiger partial charge in [0.1, 0.15) is 0 Å². The van der Waals surface area contributed by atoms with Crippen molar-refractivity contribution in [3.63, 3.8) is 0 Å². The van der Waals surface area contributed by atoms with Crippen molar-refractivity contribution in [3.8, 4) is 0 Å². The molecule has 108 valence electrons. The minimum atomic E-state index is -0.117. The third-order valence-electron chi connectivity index (χ3n) is 3.23. The standard InChI is InChI=1S/C15H15BrN4O/c1-18(10-12-5-7-13(16)8-6-12)11-20-15(21)19-9-3-2-4-14(19)17-20/h2-9H,10-11H2,1H3. The molecule has 2 aromatic heterocycles. The highest BCUT2D eigenvalue weighted by Crippen LogP contribution is 2.11. The summed E-state index contributed by atoms with van der Waals surface area (Å²) in [6, 6.07) is 13.7. The number of halogens is 1. The summed E-state index contributed by atoms with van der Waals surface area (Å²) in [5.41, 5.74) is 1.74. The molecule has 0 amide bonds. The molecule has 0 bridgehead atoms. The molecule has 3 rings (SSSR count). The van der Waals surface area contributed by atoms with Crippen molar-refractivity contribution in [2.45, 2.75) is 13.2 Å². The Labute approximate surface area is 130 Å². The Balaban J connectivity index is 1.77. The first kappa shape index (κ1) is 14.0. The lowest BCUT2D eigenvalue weighted by Gasteiger charge is -2.15. The van der Waals surface area contributed by atoms with Crippen LogP contribution in [0.15, 0.2) is 57.9 Å². The van der Waals surface area contributed by atoms with E-state index >= 15 is 0 Å². The summed E-state index contributed by atoms with van der Waals surface area (Å²) in [6.07, 6.45) is 1.73. The first-order valence-corrected chi connectivity index (χ1v) is 7.40. The van der Waals surface area contributed by atoms with Crippen LogP contribution in [-0.4, -0.2) is 26.1 Å². The maximum atomic E-state index is 12.2. The zero-order valence-electron chi connectivity index (χ0n) is 11.6. The average Bonchev–Trinajstić information content (AvgIpc) is 2.78. The maximum absolute atomic E-state index is 12.2. The van der Waals surface area contributed by atoms with E-state index < -0.39 is 0 Å². The predicted molar refractivity (Wildman–Crippen MR) is 85.1 cm³/mol. The van der Waals surface area contributed by atoms with E-state index in [4.69, 9.17) is 0 Å². The van der Waals surface area contributed by atoms with Crippen LogP contribution in [0.2, 0.25) is 0 Å². The fourth-order valence-corrected chi connectivity index (χ4v) is 2.50. The molecule has 0 aliphatic carbocycles. The fourth-order valence-electron chi connectivity index (χ4n) is 2.24. The molecule has 3 aromatic rings. The summed E-state index contributed by atoms with van der Waals surface area (Å²) >= 11 is 3.42. The van der Waals surface area contributed by atoms with Gasteiger partial charge < -0.3 is 0 Å². The first-order chi connectivity index (χ1) is 10.1. The van der Waals surface area contributed by atoms with E-state index in [1.807, 2.05) is 37.4 Å². The van der Waals surface area contributed by atoms with E-state index in [0.717, 1.165) is 11.0 Å². The third kappa shape index (κ3) is 3.06. The van der Waals surface area contributed by atoms with Crippen molar-refractivity contribution in [2.24, 2.45) is 0 Å². The molecule has 0 N–H and O–H groups in total. The van der Waals surface area contributed by atoms with Gasteiger partial charge in [0.05, 0.1) is 6.67 Å². The number of pyridine rings is 1. The van der Waals surface area contributed by atoms with Crippen molar-refractivity contribution in [3.05, 3.63) is 69.2 Å². The molecule has 0 radical (unpaired) electrons. The lowest BCUT2D eigenvalue weighted by atomic mass is 10.2. The Morgan fingerprint density at radius 2 is 1.95 bits per heavy atom. The minimum absolute atomic E-state index is 0.117. The molecule has 0 spiro atoms. The molecule has 0 fully saturated rings. The lowest BCUT2D eigenvalue weighted by molar-refractivity contribution is 0.242. The minimum Gasteiger partial charge on any atom is -0.283 e. The summed E-state index contributed by atoms with van der Waals surface area (Å²) in [5, 5.41) is 4.33. The SMILES string of the molecule is CN(Cc1ccc(Br)cc1)Cn1nc2ccccn2c1=O. The molecule has 6 heteroatoms. The van der Waals surface area contributed by atoms with E-state index in [1.165, 1.54) is 10.2 Å². The highest BCUT2D eigenvalue weighted by molar-refractivity contribution is 9.10. The molecule has 0 aliphatic rings. The van der Waals surface area contributed by atoms with Gasteiger partial charge in [0, 0.05) is 17.2 Å². The largest absolute Gasteiger partial charge is 0.351 e. The van der Waals surface area contributed by atoms with E-state index in [1.54, 1.807) is 10.6 Å². The highest BCUT2D eigenvalue weighted by atomic mass is 79.9. The Morgan fingerprint density at radius 1 is 1.19 bits per heavy atom. The van der Waals surface area contributed by atoms with Crippen LogP contribution in [0.1, 0.15) is 5.56 Å². The van der Waals surface area contributed by atoms with E-state index in [-0.39, 0.29) is 5.69 Å². The summed E-state index contributed by atoms with van der Waals surface area (Å²) in [5.74, 6) is 0. The molecular weight excluding hydrogens is 332 g/mol. The molecule has 0 atom stereocenters. The van der Waals surface area contributed by atoms with Crippen molar-refractivity contribution in [1.29, 1.82) is 0 Å². The number of hydrogen-bond donors (Lipinski definition) is 0. The van der Waals surface area contributed by atoms with Gasteiger partial charge in [-0.2, -0.15) is 4.68 Å². The van der Waals surface area contributed by atoms with Crippen molar-refractivity contribution in [2.75, 3.05) is 7.05 Å². The van der Waals surface area contributed by atoms with E-state index in [2.05, 4.69) is 38.1 Å². The molecule has 0 aliphatic heterocycles. The molecule has 21 heavy (non-hydrogen) atoms. The second kappa shape index (κ2) is 5.83. The summed E-state index contributed by atoms with van der Waals surface area (Å²) < 4.78 is 4.09. The van der Waals surface area contributed by atoms with Crippen LogP contribution in [0.5, 0.6) is 0 Å². The second-order valence-corrected chi connectivity index (χ2v) is 5.91. The smallest absolute Gasteiger partial charge is 0.283 e. The summed E-state index contributed by atoms with van der Waals surface area (Å²) in [4.78, 5) is 14.2. The van der Waals surface area contributed by atoms with Gasteiger partial charge in [-0.3, -0.25) is 9.30 Å². The summed E-state index contributed by atoms with van der Waals surface area (Å²) in [7, 11) is 1.97. The lowest BCUT2D eigenvalue weighted by Crippen LogP contribution is -2.30. The predicted octanol–water partition coefficient (Wildman–Crippen LogP) is 2.35. The fraction of sp³-hybridized carbons (Fsp3) is 0.200. The topological polar surface area (TPSA) is 42.5 Å². The van der Waals surface area contributed by atoms with Gasteiger partial charge in [-0.05, 0) is 36.9 Å². The van der Waals surface area contributed by atoms with Crippen LogP contribution in [0.3, 0.4) is 0 Å². The number of fused-ring (bicyclic) bond motifs is 1. The normalized spacial score (nSPS) is 11.4. The quantitative estimate of drug-likeness (QED) is 0.728. The first-order valence-electron chi connectivity index (χ1n) is 6.61. The van der Waals surface area contributed by atoms with Crippen molar-refractivity contribution < 1.29 is 0 Å². The van der Waals surface area contributed by atoms with Crippen LogP contribution in [0.25, 0.3) is 5.65 Å². The van der Waals surface area contributed by atoms with Gasteiger partial charge in [-0.1, -0.05) is 34.1 Å². The second-order valence-electron chi connectivity index (χ2n) is 4.99. The highest BCUT2D eigenvalue weighted by Gasteiger charge is 2.08.